The van der Waals surface area contributed by atoms with E-state index in [2.05, 4.69) is 15.0 Å². The van der Waals surface area contributed by atoms with E-state index in [1.807, 2.05) is 48.5 Å². The number of aliphatic hydroxyl groups excluding tert-OH is 1. The maximum absolute atomic E-state index is 12.2. The number of aliphatic hydroxyl groups is 1. The first kappa shape index (κ1) is 17.2. The number of esters is 1. The lowest BCUT2D eigenvalue weighted by atomic mass is 10.2. The van der Waals surface area contributed by atoms with Gasteiger partial charge < -0.3 is 19.2 Å². The van der Waals surface area contributed by atoms with E-state index < -0.39 is 5.97 Å². The monoisotopic (exact) mass is 381 g/mol. The van der Waals surface area contributed by atoms with Gasteiger partial charge in [0, 0.05) is 0 Å². The molecule has 0 aliphatic carbocycles. The van der Waals surface area contributed by atoms with Crippen LogP contribution in [0.25, 0.3) is 27.7 Å². The highest BCUT2D eigenvalue weighted by Gasteiger charge is 2.22. The second-order valence-corrected chi connectivity index (χ2v) is 6.58. The number of oxazole rings is 1. The maximum Gasteiger partial charge on any atom is 0.345 e. The van der Waals surface area contributed by atoms with E-state index in [4.69, 9.17) is 9.15 Å². The van der Waals surface area contributed by atoms with Crippen LogP contribution in [0.2, 0.25) is 0 Å². The SMILES string of the molecule is COC(=O)/C(=C(/O)CSc1nc2ccccc2o1)c1nc2ccccc2[nH]1. The molecule has 0 amide bonds. The molecular formula is C19H15N3O4S. The van der Waals surface area contributed by atoms with Crippen LogP contribution in [0.3, 0.4) is 0 Å². The summed E-state index contributed by atoms with van der Waals surface area (Å²) in [5, 5.41) is 11.0. The molecule has 0 saturated carbocycles. The van der Waals surface area contributed by atoms with Crippen molar-refractivity contribution in [1.29, 1.82) is 0 Å². The molecule has 0 bridgehead atoms. The Morgan fingerprint density at radius 1 is 1.15 bits per heavy atom. The average molecular weight is 381 g/mol. The van der Waals surface area contributed by atoms with Gasteiger partial charge in [-0.05, 0) is 24.3 Å². The molecule has 0 saturated heterocycles. The van der Waals surface area contributed by atoms with Crippen molar-refractivity contribution in [1.82, 2.24) is 15.0 Å². The number of H-pyrrole nitrogens is 1. The van der Waals surface area contributed by atoms with Crippen molar-refractivity contribution in [3.63, 3.8) is 0 Å². The number of nitrogens with zero attached hydrogens (tertiary/aromatic N) is 2. The third-order valence-electron chi connectivity index (χ3n) is 3.91. The first-order chi connectivity index (χ1) is 13.2. The zero-order valence-corrected chi connectivity index (χ0v) is 15.1. The Kier molecular flexibility index (Phi) is 4.55. The molecule has 2 aromatic heterocycles. The predicted molar refractivity (Wildman–Crippen MR) is 102 cm³/mol. The van der Waals surface area contributed by atoms with Gasteiger partial charge in [-0.2, -0.15) is 0 Å². The molecule has 0 fully saturated rings. The molecule has 4 rings (SSSR count). The number of hydrogen-bond acceptors (Lipinski definition) is 7. The summed E-state index contributed by atoms with van der Waals surface area (Å²) in [5.41, 5.74) is 2.82. The lowest BCUT2D eigenvalue weighted by Crippen LogP contribution is -2.09. The lowest BCUT2D eigenvalue weighted by Gasteiger charge is -2.06. The Morgan fingerprint density at radius 2 is 1.89 bits per heavy atom. The molecular weight excluding hydrogens is 366 g/mol. The fourth-order valence-electron chi connectivity index (χ4n) is 2.64. The number of rotatable bonds is 5. The number of hydrogen-bond donors (Lipinski definition) is 2. The van der Waals surface area contributed by atoms with Crippen molar-refractivity contribution in [3.05, 3.63) is 60.1 Å². The number of fused-ring (bicyclic) bond motifs is 2. The molecule has 136 valence electrons. The molecule has 2 heterocycles. The second-order valence-electron chi connectivity index (χ2n) is 5.65. The van der Waals surface area contributed by atoms with Crippen molar-refractivity contribution >= 4 is 45.4 Å². The average Bonchev–Trinajstić information content (AvgIpc) is 3.29. The number of aromatic nitrogens is 3. The summed E-state index contributed by atoms with van der Waals surface area (Å²) in [6, 6.07) is 14.7. The predicted octanol–water partition coefficient (Wildman–Crippen LogP) is 3.94. The number of thioether (sulfide) groups is 1. The van der Waals surface area contributed by atoms with Gasteiger partial charge in [0.1, 0.15) is 22.7 Å². The zero-order chi connectivity index (χ0) is 18.8. The van der Waals surface area contributed by atoms with Gasteiger partial charge in [-0.3, -0.25) is 0 Å². The van der Waals surface area contributed by atoms with E-state index in [0.717, 1.165) is 11.0 Å². The van der Waals surface area contributed by atoms with Crippen molar-refractivity contribution in [2.24, 2.45) is 0 Å². The van der Waals surface area contributed by atoms with Crippen LogP contribution in [0.1, 0.15) is 5.82 Å². The highest BCUT2D eigenvalue weighted by atomic mass is 32.2. The minimum atomic E-state index is -0.676. The van der Waals surface area contributed by atoms with Crippen LogP contribution in [0.5, 0.6) is 0 Å². The summed E-state index contributed by atoms with van der Waals surface area (Å²) >= 11 is 1.18. The summed E-state index contributed by atoms with van der Waals surface area (Å²) in [6.45, 7) is 0. The van der Waals surface area contributed by atoms with Crippen LogP contribution < -0.4 is 0 Å². The van der Waals surface area contributed by atoms with E-state index in [-0.39, 0.29) is 22.9 Å². The number of nitrogens with one attached hydrogen (secondary N) is 1. The normalized spacial score (nSPS) is 12.3. The van der Waals surface area contributed by atoms with E-state index in [0.29, 0.717) is 16.3 Å². The Morgan fingerprint density at radius 3 is 2.63 bits per heavy atom. The number of ether oxygens (including phenoxy) is 1. The Balaban J connectivity index is 1.65. The lowest BCUT2D eigenvalue weighted by molar-refractivity contribution is -0.133. The van der Waals surface area contributed by atoms with Gasteiger partial charge in [-0.15, -0.1) is 0 Å². The number of benzene rings is 2. The highest BCUT2D eigenvalue weighted by Crippen LogP contribution is 2.27. The molecule has 0 atom stereocenters. The number of carbonyl (C=O) groups excluding carboxylic acids is 1. The minimum Gasteiger partial charge on any atom is -0.510 e. The summed E-state index contributed by atoms with van der Waals surface area (Å²) in [6.07, 6.45) is 0. The van der Waals surface area contributed by atoms with Gasteiger partial charge in [0.05, 0.1) is 23.9 Å². The topological polar surface area (TPSA) is 101 Å². The Labute approximate surface area is 158 Å². The smallest absolute Gasteiger partial charge is 0.345 e. The van der Waals surface area contributed by atoms with Crippen molar-refractivity contribution in [2.75, 3.05) is 12.9 Å². The van der Waals surface area contributed by atoms with E-state index in [1.54, 1.807) is 0 Å². The van der Waals surface area contributed by atoms with E-state index >= 15 is 0 Å². The number of imidazole rings is 1. The molecule has 0 aliphatic heterocycles. The number of aromatic amines is 1. The molecule has 4 aromatic rings. The molecule has 0 spiro atoms. The number of methoxy groups -OCH3 is 1. The molecule has 0 aliphatic rings. The van der Waals surface area contributed by atoms with Crippen LogP contribution in [0.4, 0.5) is 0 Å². The van der Waals surface area contributed by atoms with Gasteiger partial charge in [0.15, 0.2) is 5.58 Å². The molecule has 2 N–H and O–H groups in total. The van der Waals surface area contributed by atoms with E-state index in [1.165, 1.54) is 18.9 Å². The fourth-order valence-corrected chi connectivity index (χ4v) is 3.36. The van der Waals surface area contributed by atoms with Crippen molar-refractivity contribution < 1.29 is 19.1 Å². The van der Waals surface area contributed by atoms with Gasteiger partial charge in [0.2, 0.25) is 0 Å². The second kappa shape index (κ2) is 7.16. The van der Waals surface area contributed by atoms with Crippen LogP contribution in [-0.2, 0) is 9.53 Å². The number of carbonyl (C=O) groups is 1. The molecule has 0 unspecified atom stereocenters. The zero-order valence-electron chi connectivity index (χ0n) is 14.3. The van der Waals surface area contributed by atoms with Crippen molar-refractivity contribution in [2.45, 2.75) is 5.22 Å². The van der Waals surface area contributed by atoms with Crippen molar-refractivity contribution in [3.8, 4) is 0 Å². The fraction of sp³-hybridized carbons (Fsp3) is 0.105. The van der Waals surface area contributed by atoms with Gasteiger partial charge >= 0.3 is 5.97 Å². The molecule has 27 heavy (non-hydrogen) atoms. The molecule has 0 radical (unpaired) electrons. The highest BCUT2D eigenvalue weighted by molar-refractivity contribution is 7.99. The number of para-hydroxylation sites is 4. The van der Waals surface area contributed by atoms with Gasteiger partial charge in [0.25, 0.3) is 5.22 Å². The summed E-state index contributed by atoms with van der Waals surface area (Å²) in [7, 11) is 1.26. The molecule has 2 aromatic carbocycles. The van der Waals surface area contributed by atoms with Crippen LogP contribution in [0, 0.1) is 0 Å². The largest absolute Gasteiger partial charge is 0.510 e. The van der Waals surface area contributed by atoms with E-state index in [9.17, 15) is 9.90 Å². The summed E-state index contributed by atoms with van der Waals surface area (Å²) in [5.74, 6) is -0.523. The van der Waals surface area contributed by atoms with Crippen LogP contribution in [-0.4, -0.2) is 38.9 Å². The Hall–Kier alpha value is -3.26. The van der Waals surface area contributed by atoms with Crippen LogP contribution >= 0.6 is 11.8 Å². The molecule has 7 nitrogen and oxygen atoms in total. The maximum atomic E-state index is 12.2. The minimum absolute atomic E-state index is 0.0164. The third kappa shape index (κ3) is 3.39. The quantitative estimate of drug-likeness (QED) is 0.234. The summed E-state index contributed by atoms with van der Waals surface area (Å²) < 4.78 is 10.4. The third-order valence-corrected chi connectivity index (χ3v) is 4.75. The standard InChI is InChI=1S/C19H15N3O4S/c1-25-18(24)16(17-20-11-6-2-3-7-12(11)21-17)14(23)10-27-19-22-13-8-4-5-9-15(13)26-19/h2-9,23H,10H2,1H3,(H,20,21)/b16-14+. The Bertz CT molecular complexity index is 1100. The molecule has 8 heteroatoms. The van der Waals surface area contributed by atoms with Crippen LogP contribution in [0.15, 0.2) is 63.9 Å². The summed E-state index contributed by atoms with van der Waals surface area (Å²) in [4.78, 5) is 24.0. The first-order valence-electron chi connectivity index (χ1n) is 8.09. The van der Waals surface area contributed by atoms with Gasteiger partial charge in [-0.25, -0.2) is 14.8 Å². The first-order valence-corrected chi connectivity index (χ1v) is 9.08. The van der Waals surface area contributed by atoms with Gasteiger partial charge in [-0.1, -0.05) is 36.0 Å².